The van der Waals surface area contributed by atoms with Crippen LogP contribution in [0.25, 0.3) is 27.9 Å². The molecule has 5 heteroatoms. The molecule has 2 aromatic carbocycles. The van der Waals surface area contributed by atoms with Crippen LogP contribution in [0.4, 0.5) is 5.69 Å². The predicted octanol–water partition coefficient (Wildman–Crippen LogP) is 4.97. The average molecular weight is 370 g/mol. The summed E-state index contributed by atoms with van der Waals surface area (Å²) in [4.78, 5) is 21.0. The minimum Gasteiger partial charge on any atom is -0.322 e. The largest absolute Gasteiger partial charge is 0.322 e. The van der Waals surface area contributed by atoms with Gasteiger partial charge in [0.05, 0.1) is 11.0 Å². The van der Waals surface area contributed by atoms with Crippen LogP contribution in [0.15, 0.2) is 67.5 Å². The molecule has 0 saturated carbocycles. The Labute approximate surface area is 163 Å². The van der Waals surface area contributed by atoms with E-state index in [9.17, 15) is 4.79 Å². The van der Waals surface area contributed by atoms with Gasteiger partial charge in [0, 0.05) is 23.6 Å². The molecule has 2 aromatic heterocycles. The lowest BCUT2D eigenvalue weighted by Gasteiger charge is -2.19. The molecule has 5 nitrogen and oxygen atoms in total. The lowest BCUT2D eigenvalue weighted by molar-refractivity contribution is -0.111. The van der Waals surface area contributed by atoms with Gasteiger partial charge in [-0.05, 0) is 35.3 Å². The van der Waals surface area contributed by atoms with E-state index < -0.39 is 0 Å². The summed E-state index contributed by atoms with van der Waals surface area (Å²) >= 11 is 0. The third-order valence-electron chi connectivity index (χ3n) is 4.80. The first-order valence-corrected chi connectivity index (χ1v) is 9.18. The van der Waals surface area contributed by atoms with Crippen molar-refractivity contribution in [2.75, 3.05) is 5.32 Å². The monoisotopic (exact) mass is 370 g/mol. The predicted molar refractivity (Wildman–Crippen MR) is 113 cm³/mol. The fourth-order valence-electron chi connectivity index (χ4n) is 3.25. The fraction of sp³-hybridized carbons (Fsp3) is 0.174. The molecule has 1 amide bonds. The van der Waals surface area contributed by atoms with E-state index in [0.29, 0.717) is 5.69 Å². The van der Waals surface area contributed by atoms with E-state index in [1.165, 1.54) is 11.6 Å². The number of rotatable bonds is 3. The molecule has 28 heavy (non-hydrogen) atoms. The average Bonchev–Trinajstić information content (AvgIpc) is 3.16. The number of imidazole rings is 1. The highest BCUT2D eigenvalue weighted by atomic mass is 16.1. The van der Waals surface area contributed by atoms with Crippen LogP contribution in [0.5, 0.6) is 0 Å². The van der Waals surface area contributed by atoms with Gasteiger partial charge in [-0.15, -0.1) is 0 Å². The van der Waals surface area contributed by atoms with Gasteiger partial charge in [0.15, 0.2) is 5.65 Å². The Morgan fingerprint density at radius 1 is 1.14 bits per heavy atom. The highest BCUT2D eigenvalue weighted by molar-refractivity contribution is 6.00. The minimum atomic E-state index is -0.249. The van der Waals surface area contributed by atoms with Crippen LogP contribution < -0.4 is 5.32 Å². The van der Waals surface area contributed by atoms with Crippen molar-refractivity contribution in [2.24, 2.45) is 0 Å². The number of anilines is 1. The third-order valence-corrected chi connectivity index (χ3v) is 4.80. The first kappa shape index (κ1) is 17.9. The van der Waals surface area contributed by atoms with Crippen LogP contribution in [0, 0.1) is 0 Å². The van der Waals surface area contributed by atoms with Crippen molar-refractivity contribution in [3.8, 4) is 11.3 Å². The number of hydrogen-bond acceptors (Lipinski definition) is 3. The highest BCUT2D eigenvalue weighted by Gasteiger charge is 2.16. The zero-order valence-corrected chi connectivity index (χ0v) is 16.2. The zero-order chi connectivity index (χ0) is 19.9. The van der Waals surface area contributed by atoms with Crippen LogP contribution in [0.2, 0.25) is 0 Å². The molecule has 0 atom stereocenters. The molecule has 2 heterocycles. The van der Waals surface area contributed by atoms with Gasteiger partial charge in [-0.3, -0.25) is 9.20 Å². The van der Waals surface area contributed by atoms with E-state index in [4.69, 9.17) is 4.98 Å². The Morgan fingerprint density at radius 3 is 2.57 bits per heavy atom. The zero-order valence-electron chi connectivity index (χ0n) is 16.2. The molecule has 0 aliphatic heterocycles. The summed E-state index contributed by atoms with van der Waals surface area (Å²) in [5, 5.41) is 2.79. The van der Waals surface area contributed by atoms with Gasteiger partial charge in [0.2, 0.25) is 5.91 Å². The fourth-order valence-corrected chi connectivity index (χ4v) is 3.25. The molecule has 0 saturated heterocycles. The summed E-state index contributed by atoms with van der Waals surface area (Å²) in [7, 11) is 0. The smallest absolute Gasteiger partial charge is 0.247 e. The van der Waals surface area contributed by atoms with E-state index in [1.807, 2.05) is 28.8 Å². The molecule has 0 aliphatic carbocycles. The Balaban J connectivity index is 1.88. The number of carbonyl (C=O) groups is 1. The van der Waals surface area contributed by atoms with E-state index in [1.54, 1.807) is 6.20 Å². The summed E-state index contributed by atoms with van der Waals surface area (Å²) in [6.07, 6.45) is 4.95. The molecule has 0 spiro atoms. The van der Waals surface area contributed by atoms with Crippen LogP contribution in [-0.2, 0) is 10.2 Å². The number of benzene rings is 2. The molecule has 4 rings (SSSR count). The first-order valence-electron chi connectivity index (χ1n) is 9.18. The molecule has 0 radical (unpaired) electrons. The summed E-state index contributed by atoms with van der Waals surface area (Å²) in [6.45, 7) is 10.1. The second-order valence-electron chi connectivity index (χ2n) is 7.81. The number of hydrogen-bond donors (Lipinski definition) is 1. The second kappa shape index (κ2) is 6.60. The molecule has 4 aromatic rings. The summed E-state index contributed by atoms with van der Waals surface area (Å²) in [5.74, 6) is -0.249. The van der Waals surface area contributed by atoms with Crippen molar-refractivity contribution >= 4 is 28.3 Å². The van der Waals surface area contributed by atoms with Crippen molar-refractivity contribution in [3.05, 3.63) is 73.1 Å². The maximum absolute atomic E-state index is 11.6. The van der Waals surface area contributed by atoms with Gasteiger partial charge in [-0.2, -0.15) is 0 Å². The van der Waals surface area contributed by atoms with Gasteiger partial charge in [0.25, 0.3) is 0 Å². The van der Waals surface area contributed by atoms with Crippen LogP contribution in [0.3, 0.4) is 0 Å². The molecular formula is C23H22N4O. The van der Waals surface area contributed by atoms with Crippen molar-refractivity contribution < 1.29 is 4.79 Å². The van der Waals surface area contributed by atoms with Crippen molar-refractivity contribution in [1.82, 2.24) is 14.4 Å². The number of nitrogens with one attached hydrogen (secondary N) is 1. The number of nitrogens with zero attached hydrogens (tertiary/aromatic N) is 3. The van der Waals surface area contributed by atoms with Gasteiger partial charge in [-0.1, -0.05) is 51.6 Å². The van der Waals surface area contributed by atoms with Crippen molar-refractivity contribution in [1.29, 1.82) is 0 Å². The number of amides is 1. The van der Waals surface area contributed by atoms with Gasteiger partial charge < -0.3 is 5.32 Å². The number of fused-ring (bicyclic) bond motifs is 3. The van der Waals surface area contributed by atoms with Gasteiger partial charge in [0.1, 0.15) is 5.69 Å². The van der Waals surface area contributed by atoms with Gasteiger partial charge >= 0.3 is 0 Å². The summed E-state index contributed by atoms with van der Waals surface area (Å²) in [6, 6.07) is 14.1. The van der Waals surface area contributed by atoms with Crippen molar-refractivity contribution in [2.45, 2.75) is 26.2 Å². The summed E-state index contributed by atoms with van der Waals surface area (Å²) in [5.41, 5.74) is 6.37. The topological polar surface area (TPSA) is 59.3 Å². The molecule has 1 N–H and O–H groups in total. The van der Waals surface area contributed by atoms with E-state index in [0.717, 1.165) is 27.9 Å². The van der Waals surface area contributed by atoms with Crippen LogP contribution >= 0.6 is 0 Å². The third kappa shape index (κ3) is 3.16. The Morgan fingerprint density at radius 2 is 1.89 bits per heavy atom. The maximum atomic E-state index is 11.6. The molecule has 140 valence electrons. The highest BCUT2D eigenvalue weighted by Crippen LogP contribution is 2.29. The van der Waals surface area contributed by atoms with E-state index in [-0.39, 0.29) is 11.3 Å². The minimum absolute atomic E-state index is 0.0935. The van der Waals surface area contributed by atoms with Gasteiger partial charge in [-0.25, -0.2) is 9.97 Å². The number of carbonyl (C=O) groups excluding carboxylic acids is 1. The second-order valence-corrected chi connectivity index (χ2v) is 7.81. The molecule has 0 bridgehead atoms. The number of aromatic nitrogens is 3. The SMILES string of the molecule is C=CC(=O)Nc1ccc2c(c1)nc(-c1ccc(C(C)(C)C)cc1)c1nccn12. The van der Waals surface area contributed by atoms with Crippen LogP contribution in [0.1, 0.15) is 26.3 Å². The normalized spacial score (nSPS) is 11.7. The Bertz CT molecular complexity index is 1200. The maximum Gasteiger partial charge on any atom is 0.247 e. The Kier molecular flexibility index (Phi) is 4.23. The quantitative estimate of drug-likeness (QED) is 0.518. The van der Waals surface area contributed by atoms with Crippen molar-refractivity contribution in [3.63, 3.8) is 0 Å². The lowest BCUT2D eigenvalue weighted by atomic mass is 9.86. The standard InChI is InChI=1S/C23H22N4O/c1-5-20(28)25-17-10-11-19-18(14-17)26-21(22-24-12-13-27(19)22)15-6-8-16(9-7-15)23(2,3)4/h5-14H,1H2,2-4H3,(H,25,28). The molecular weight excluding hydrogens is 348 g/mol. The first-order chi connectivity index (χ1) is 13.4. The van der Waals surface area contributed by atoms with E-state index >= 15 is 0 Å². The molecule has 0 unspecified atom stereocenters. The Hall–Kier alpha value is -3.47. The van der Waals surface area contributed by atoms with E-state index in [2.05, 4.69) is 61.9 Å². The molecule has 0 aliphatic rings. The molecule has 0 fully saturated rings. The van der Waals surface area contributed by atoms with Crippen LogP contribution in [-0.4, -0.2) is 20.3 Å². The lowest BCUT2D eigenvalue weighted by Crippen LogP contribution is -2.10. The summed E-state index contributed by atoms with van der Waals surface area (Å²) < 4.78 is 2.02.